The fraction of sp³-hybridized carbons (Fsp3) is 0.467. The molecule has 7 nitrogen and oxygen atoms in total. The van der Waals surface area contributed by atoms with Crippen molar-refractivity contribution in [3.05, 3.63) is 23.3 Å². The molecule has 0 fully saturated rings. The number of hydrogen-bond acceptors (Lipinski definition) is 4. The number of aliphatic carboxylic acids is 1. The monoisotopic (exact) mass is 310 g/mol. The third kappa shape index (κ3) is 4.83. The maximum absolute atomic E-state index is 11.7. The van der Waals surface area contributed by atoms with E-state index in [2.05, 4.69) is 10.6 Å². The molecule has 0 aliphatic heterocycles. The summed E-state index contributed by atoms with van der Waals surface area (Å²) in [4.78, 5) is 22.1. The van der Waals surface area contributed by atoms with Crippen LogP contribution in [0.15, 0.2) is 12.1 Å². The number of amides is 2. The van der Waals surface area contributed by atoms with Crippen molar-refractivity contribution in [1.29, 1.82) is 0 Å². The lowest BCUT2D eigenvalue weighted by atomic mass is 10.0. The van der Waals surface area contributed by atoms with E-state index in [0.29, 0.717) is 11.5 Å². The summed E-state index contributed by atoms with van der Waals surface area (Å²) in [6, 6.07) is 2.98. The van der Waals surface area contributed by atoms with Gasteiger partial charge >= 0.3 is 12.0 Å². The quantitative estimate of drug-likeness (QED) is 0.714. The maximum atomic E-state index is 11.7. The zero-order chi connectivity index (χ0) is 16.7. The largest absolute Gasteiger partial charge is 0.493 e. The van der Waals surface area contributed by atoms with E-state index in [0.717, 1.165) is 11.1 Å². The first kappa shape index (κ1) is 17.6. The van der Waals surface area contributed by atoms with E-state index in [1.807, 2.05) is 26.0 Å². The number of hydrogen-bond donors (Lipinski definition) is 3. The van der Waals surface area contributed by atoms with Crippen LogP contribution in [-0.2, 0) is 4.79 Å². The standard InChI is InChI=1S/C15H22N2O5/c1-9-7-12(21-3)13(22-4)8-11(9)10(2)17-15(20)16-6-5-14(18)19/h7-8,10H,5-6H2,1-4H3,(H,18,19)(H2,16,17,20). The predicted molar refractivity (Wildman–Crippen MR) is 81.5 cm³/mol. The highest BCUT2D eigenvalue weighted by molar-refractivity contribution is 5.75. The van der Waals surface area contributed by atoms with Crippen molar-refractivity contribution in [2.45, 2.75) is 26.3 Å². The Morgan fingerprint density at radius 3 is 2.36 bits per heavy atom. The summed E-state index contributed by atoms with van der Waals surface area (Å²) in [5.41, 5.74) is 1.85. The van der Waals surface area contributed by atoms with Crippen LogP contribution in [-0.4, -0.2) is 37.9 Å². The Balaban J connectivity index is 2.74. The molecule has 7 heteroatoms. The average Bonchev–Trinajstić information content (AvgIpc) is 2.46. The normalized spacial score (nSPS) is 11.5. The van der Waals surface area contributed by atoms with E-state index in [4.69, 9.17) is 14.6 Å². The predicted octanol–water partition coefficient (Wildman–Crippen LogP) is 1.85. The summed E-state index contributed by atoms with van der Waals surface area (Å²) in [5.74, 6) is 0.258. The third-order valence-electron chi connectivity index (χ3n) is 3.21. The fourth-order valence-electron chi connectivity index (χ4n) is 2.07. The van der Waals surface area contributed by atoms with Crippen LogP contribution in [0.2, 0.25) is 0 Å². The van der Waals surface area contributed by atoms with Crippen molar-refractivity contribution in [3.63, 3.8) is 0 Å². The van der Waals surface area contributed by atoms with Gasteiger partial charge in [-0.3, -0.25) is 4.79 Å². The molecule has 1 rings (SSSR count). The fourth-order valence-corrected chi connectivity index (χ4v) is 2.07. The van der Waals surface area contributed by atoms with Crippen LogP contribution in [0.25, 0.3) is 0 Å². The molecule has 0 aliphatic carbocycles. The number of carbonyl (C=O) groups is 2. The lowest BCUT2D eigenvalue weighted by molar-refractivity contribution is -0.136. The van der Waals surface area contributed by atoms with Gasteiger partial charge in [0.05, 0.1) is 26.7 Å². The third-order valence-corrected chi connectivity index (χ3v) is 3.21. The molecule has 22 heavy (non-hydrogen) atoms. The zero-order valence-electron chi connectivity index (χ0n) is 13.2. The zero-order valence-corrected chi connectivity index (χ0v) is 13.2. The number of benzene rings is 1. The number of nitrogens with one attached hydrogen (secondary N) is 2. The summed E-state index contributed by atoms with van der Waals surface area (Å²) < 4.78 is 10.5. The van der Waals surface area contributed by atoms with E-state index >= 15 is 0 Å². The Morgan fingerprint density at radius 2 is 1.82 bits per heavy atom. The molecule has 0 aliphatic rings. The molecule has 0 aromatic heterocycles. The minimum Gasteiger partial charge on any atom is -0.493 e. The first-order valence-corrected chi connectivity index (χ1v) is 6.87. The highest BCUT2D eigenvalue weighted by Gasteiger charge is 2.15. The van der Waals surface area contributed by atoms with Crippen LogP contribution in [0, 0.1) is 6.92 Å². The van der Waals surface area contributed by atoms with Gasteiger partial charge in [0.2, 0.25) is 0 Å². The van der Waals surface area contributed by atoms with Crippen LogP contribution >= 0.6 is 0 Å². The van der Waals surface area contributed by atoms with E-state index in [1.165, 1.54) is 0 Å². The second-order valence-electron chi connectivity index (χ2n) is 4.83. The molecule has 1 aromatic rings. The van der Waals surface area contributed by atoms with Crippen molar-refractivity contribution >= 4 is 12.0 Å². The van der Waals surface area contributed by atoms with Gasteiger partial charge in [-0.25, -0.2) is 4.79 Å². The highest BCUT2D eigenvalue weighted by Crippen LogP contribution is 2.32. The second-order valence-corrected chi connectivity index (χ2v) is 4.83. The van der Waals surface area contributed by atoms with Crippen molar-refractivity contribution in [2.24, 2.45) is 0 Å². The topological polar surface area (TPSA) is 96.9 Å². The van der Waals surface area contributed by atoms with Crippen molar-refractivity contribution in [3.8, 4) is 11.5 Å². The van der Waals surface area contributed by atoms with Gasteiger partial charge in [0.15, 0.2) is 11.5 Å². The Kier molecular flexibility index (Phi) is 6.49. The van der Waals surface area contributed by atoms with Crippen molar-refractivity contribution < 1.29 is 24.2 Å². The van der Waals surface area contributed by atoms with Gasteiger partial charge in [-0.05, 0) is 37.1 Å². The highest BCUT2D eigenvalue weighted by atomic mass is 16.5. The molecule has 0 saturated carbocycles. The number of carboxylic acid groups (broad SMARTS) is 1. The number of methoxy groups -OCH3 is 2. The van der Waals surface area contributed by atoms with E-state index < -0.39 is 12.0 Å². The first-order valence-electron chi connectivity index (χ1n) is 6.87. The van der Waals surface area contributed by atoms with Crippen molar-refractivity contribution in [2.75, 3.05) is 20.8 Å². The Morgan fingerprint density at radius 1 is 1.23 bits per heavy atom. The molecule has 0 saturated heterocycles. The molecule has 2 amide bonds. The number of rotatable bonds is 7. The molecule has 1 unspecified atom stereocenters. The van der Waals surface area contributed by atoms with E-state index in [-0.39, 0.29) is 19.0 Å². The molecule has 0 radical (unpaired) electrons. The van der Waals surface area contributed by atoms with Crippen LogP contribution in [0.5, 0.6) is 11.5 Å². The van der Waals surface area contributed by atoms with Gasteiger partial charge in [-0.15, -0.1) is 0 Å². The molecular formula is C15H22N2O5. The lowest BCUT2D eigenvalue weighted by Crippen LogP contribution is -2.38. The molecule has 1 aromatic carbocycles. The van der Waals surface area contributed by atoms with Gasteiger partial charge < -0.3 is 25.2 Å². The number of carbonyl (C=O) groups excluding carboxylic acids is 1. The molecule has 3 N–H and O–H groups in total. The van der Waals surface area contributed by atoms with Gasteiger partial charge in [0.1, 0.15) is 0 Å². The summed E-state index contributed by atoms with van der Waals surface area (Å²) in [7, 11) is 3.11. The molecule has 0 spiro atoms. The smallest absolute Gasteiger partial charge is 0.315 e. The summed E-state index contributed by atoms with van der Waals surface area (Å²) in [6.07, 6.45) is -0.114. The summed E-state index contributed by atoms with van der Waals surface area (Å²) in [5, 5.41) is 13.8. The molecule has 0 bridgehead atoms. The number of urea groups is 1. The molecule has 1 atom stereocenters. The van der Waals surface area contributed by atoms with Crippen LogP contribution < -0.4 is 20.1 Å². The molecule has 0 heterocycles. The summed E-state index contributed by atoms with van der Waals surface area (Å²) >= 11 is 0. The van der Waals surface area contributed by atoms with Crippen LogP contribution in [0.4, 0.5) is 4.79 Å². The summed E-state index contributed by atoms with van der Waals surface area (Å²) in [6.45, 7) is 3.83. The lowest BCUT2D eigenvalue weighted by Gasteiger charge is -2.19. The maximum Gasteiger partial charge on any atom is 0.315 e. The van der Waals surface area contributed by atoms with Gasteiger partial charge in [-0.1, -0.05) is 0 Å². The number of aryl methyl sites for hydroxylation is 1. The SMILES string of the molecule is COc1cc(C)c(C(C)NC(=O)NCCC(=O)O)cc1OC. The Hall–Kier alpha value is -2.44. The van der Waals surface area contributed by atoms with Gasteiger partial charge in [0.25, 0.3) is 0 Å². The number of ether oxygens (including phenoxy) is 2. The van der Waals surface area contributed by atoms with E-state index in [9.17, 15) is 9.59 Å². The van der Waals surface area contributed by atoms with Crippen LogP contribution in [0.3, 0.4) is 0 Å². The molecule has 122 valence electrons. The first-order chi connectivity index (χ1) is 10.4. The van der Waals surface area contributed by atoms with Gasteiger partial charge in [-0.2, -0.15) is 0 Å². The van der Waals surface area contributed by atoms with Gasteiger partial charge in [0, 0.05) is 6.54 Å². The number of carboxylic acids is 1. The Bertz CT molecular complexity index is 545. The average molecular weight is 310 g/mol. The van der Waals surface area contributed by atoms with Crippen LogP contribution in [0.1, 0.15) is 30.5 Å². The Labute approximate surface area is 129 Å². The second kappa shape index (κ2) is 8.11. The molecular weight excluding hydrogens is 288 g/mol. The van der Waals surface area contributed by atoms with E-state index in [1.54, 1.807) is 14.2 Å². The van der Waals surface area contributed by atoms with Crippen molar-refractivity contribution in [1.82, 2.24) is 10.6 Å². The minimum absolute atomic E-state index is 0.0821. The minimum atomic E-state index is -0.955.